The number of hydrogen-bond donors (Lipinski definition) is 0. The predicted octanol–water partition coefficient (Wildman–Crippen LogP) is 3.84. The van der Waals surface area contributed by atoms with Crippen molar-refractivity contribution in [3.8, 4) is 0 Å². The number of aryl methyl sites for hydroxylation is 2. The Hall–Kier alpha value is -1.81. The quantitative estimate of drug-likeness (QED) is 0.862. The van der Waals surface area contributed by atoms with Crippen LogP contribution in [0.15, 0.2) is 30.5 Å². The van der Waals surface area contributed by atoms with Crippen LogP contribution in [-0.2, 0) is 6.54 Å². The highest BCUT2D eigenvalue weighted by molar-refractivity contribution is 6.33. The SMILES string of the molecule is CCn1ncc(Cl)c1C(=O)N1CCCC1c1ccccc1C. The summed E-state index contributed by atoms with van der Waals surface area (Å²) in [5, 5.41) is 4.61. The van der Waals surface area contributed by atoms with Gasteiger partial charge in [0.2, 0.25) is 0 Å². The van der Waals surface area contributed by atoms with Gasteiger partial charge in [0.25, 0.3) is 5.91 Å². The first-order valence-electron chi connectivity index (χ1n) is 7.71. The van der Waals surface area contributed by atoms with Gasteiger partial charge in [-0.05, 0) is 37.8 Å². The third-order valence-electron chi connectivity index (χ3n) is 4.36. The topological polar surface area (TPSA) is 38.1 Å². The average Bonchev–Trinajstić information content (AvgIpc) is 3.13. The molecule has 2 heterocycles. The summed E-state index contributed by atoms with van der Waals surface area (Å²) in [7, 11) is 0. The molecule has 116 valence electrons. The number of likely N-dealkylation sites (tertiary alicyclic amines) is 1. The van der Waals surface area contributed by atoms with E-state index in [-0.39, 0.29) is 11.9 Å². The van der Waals surface area contributed by atoms with Gasteiger partial charge in [0, 0.05) is 13.1 Å². The maximum atomic E-state index is 13.0. The Morgan fingerprint density at radius 2 is 2.18 bits per heavy atom. The minimum absolute atomic E-state index is 0.0184. The van der Waals surface area contributed by atoms with Crippen LogP contribution < -0.4 is 0 Å². The van der Waals surface area contributed by atoms with E-state index < -0.39 is 0 Å². The van der Waals surface area contributed by atoms with Crippen molar-refractivity contribution < 1.29 is 4.79 Å². The van der Waals surface area contributed by atoms with E-state index in [9.17, 15) is 4.79 Å². The standard InChI is InChI=1S/C17H20ClN3O/c1-3-21-16(14(18)11-19-21)17(22)20-10-6-9-15(20)13-8-5-4-7-12(13)2/h4-5,7-8,11,15H,3,6,9-10H2,1-2H3. The van der Waals surface area contributed by atoms with Crippen molar-refractivity contribution in [2.45, 2.75) is 39.3 Å². The molecule has 3 rings (SSSR count). The number of carbonyl (C=O) groups excluding carboxylic acids is 1. The lowest BCUT2D eigenvalue weighted by Gasteiger charge is -2.26. The van der Waals surface area contributed by atoms with Crippen LogP contribution in [0.5, 0.6) is 0 Å². The van der Waals surface area contributed by atoms with Gasteiger partial charge in [0.1, 0.15) is 5.69 Å². The monoisotopic (exact) mass is 317 g/mol. The molecule has 0 aliphatic carbocycles. The van der Waals surface area contributed by atoms with Gasteiger partial charge in [-0.3, -0.25) is 9.48 Å². The Labute approximate surface area is 135 Å². The summed E-state index contributed by atoms with van der Waals surface area (Å²) in [4.78, 5) is 14.9. The molecule has 1 aromatic heterocycles. The smallest absolute Gasteiger partial charge is 0.274 e. The molecule has 5 heteroatoms. The van der Waals surface area contributed by atoms with Gasteiger partial charge >= 0.3 is 0 Å². The average molecular weight is 318 g/mol. The van der Waals surface area contributed by atoms with E-state index in [1.807, 2.05) is 24.0 Å². The van der Waals surface area contributed by atoms with E-state index in [0.29, 0.717) is 17.3 Å². The molecule has 22 heavy (non-hydrogen) atoms. The van der Waals surface area contributed by atoms with E-state index in [1.165, 1.54) is 11.1 Å². The molecule has 0 N–H and O–H groups in total. The van der Waals surface area contributed by atoms with Gasteiger partial charge in [-0.25, -0.2) is 0 Å². The van der Waals surface area contributed by atoms with Crippen molar-refractivity contribution in [1.82, 2.24) is 14.7 Å². The third-order valence-corrected chi connectivity index (χ3v) is 4.63. The highest BCUT2D eigenvalue weighted by atomic mass is 35.5. The Bertz CT molecular complexity index is 695. The van der Waals surface area contributed by atoms with E-state index in [2.05, 4.69) is 24.2 Å². The van der Waals surface area contributed by atoms with Gasteiger partial charge in [-0.15, -0.1) is 0 Å². The van der Waals surface area contributed by atoms with E-state index in [1.54, 1.807) is 10.9 Å². The number of rotatable bonds is 3. The van der Waals surface area contributed by atoms with Crippen LogP contribution >= 0.6 is 11.6 Å². The fraction of sp³-hybridized carbons (Fsp3) is 0.412. The zero-order valence-electron chi connectivity index (χ0n) is 12.9. The molecule has 1 fully saturated rings. The van der Waals surface area contributed by atoms with Crippen LogP contribution in [0.3, 0.4) is 0 Å². The first-order chi connectivity index (χ1) is 10.6. The Balaban J connectivity index is 1.95. The van der Waals surface area contributed by atoms with Crippen LogP contribution in [0.2, 0.25) is 5.02 Å². The first kappa shape index (κ1) is 15.1. The number of amides is 1. The number of hydrogen-bond acceptors (Lipinski definition) is 2. The highest BCUT2D eigenvalue weighted by Gasteiger charge is 2.33. The molecular formula is C17H20ClN3O. The molecule has 1 aliphatic heterocycles. The molecule has 1 amide bonds. The second kappa shape index (κ2) is 6.13. The minimum atomic E-state index is -0.0184. The van der Waals surface area contributed by atoms with Crippen molar-refractivity contribution in [2.24, 2.45) is 0 Å². The molecule has 0 spiro atoms. The molecule has 1 atom stereocenters. The lowest BCUT2D eigenvalue weighted by atomic mass is 9.99. The first-order valence-corrected chi connectivity index (χ1v) is 8.09. The lowest BCUT2D eigenvalue weighted by molar-refractivity contribution is 0.0723. The third kappa shape index (κ3) is 2.52. The molecule has 1 unspecified atom stereocenters. The fourth-order valence-corrected chi connectivity index (χ4v) is 3.47. The van der Waals surface area contributed by atoms with Crippen LogP contribution in [-0.4, -0.2) is 27.1 Å². The predicted molar refractivity (Wildman–Crippen MR) is 87.1 cm³/mol. The zero-order chi connectivity index (χ0) is 15.7. The zero-order valence-corrected chi connectivity index (χ0v) is 13.7. The molecule has 2 aromatic rings. The lowest BCUT2D eigenvalue weighted by Crippen LogP contribution is -2.32. The van der Waals surface area contributed by atoms with Crippen molar-refractivity contribution in [1.29, 1.82) is 0 Å². The van der Waals surface area contributed by atoms with Gasteiger partial charge in [0.05, 0.1) is 17.3 Å². The van der Waals surface area contributed by atoms with Crippen LogP contribution in [0, 0.1) is 6.92 Å². The summed E-state index contributed by atoms with van der Waals surface area (Å²) in [5.41, 5.74) is 2.96. The number of nitrogens with zero attached hydrogens (tertiary/aromatic N) is 3. The van der Waals surface area contributed by atoms with Crippen LogP contribution in [0.1, 0.15) is 47.4 Å². The Kier molecular flexibility index (Phi) is 4.21. The van der Waals surface area contributed by atoms with E-state index in [4.69, 9.17) is 11.6 Å². The molecule has 1 aliphatic rings. The van der Waals surface area contributed by atoms with Crippen molar-refractivity contribution in [2.75, 3.05) is 6.54 Å². The molecule has 4 nitrogen and oxygen atoms in total. The fourth-order valence-electron chi connectivity index (χ4n) is 3.24. The van der Waals surface area contributed by atoms with Crippen molar-refractivity contribution >= 4 is 17.5 Å². The van der Waals surface area contributed by atoms with Crippen LogP contribution in [0.25, 0.3) is 0 Å². The minimum Gasteiger partial charge on any atom is -0.330 e. The molecule has 0 saturated carbocycles. The maximum Gasteiger partial charge on any atom is 0.274 e. The van der Waals surface area contributed by atoms with Gasteiger partial charge in [-0.1, -0.05) is 35.9 Å². The van der Waals surface area contributed by atoms with Gasteiger partial charge in [0.15, 0.2) is 0 Å². The summed E-state index contributed by atoms with van der Waals surface area (Å²) < 4.78 is 1.68. The van der Waals surface area contributed by atoms with Crippen LogP contribution in [0.4, 0.5) is 0 Å². The van der Waals surface area contributed by atoms with Crippen molar-refractivity contribution in [3.63, 3.8) is 0 Å². The maximum absolute atomic E-state index is 13.0. The van der Waals surface area contributed by atoms with E-state index in [0.717, 1.165) is 19.4 Å². The summed E-state index contributed by atoms with van der Waals surface area (Å²) in [6.45, 7) is 5.46. The summed E-state index contributed by atoms with van der Waals surface area (Å²) in [6, 6.07) is 8.41. The number of benzene rings is 1. The molecule has 1 saturated heterocycles. The summed E-state index contributed by atoms with van der Waals surface area (Å²) in [6.07, 6.45) is 3.56. The second-order valence-corrected chi connectivity index (χ2v) is 6.08. The number of carbonyl (C=O) groups is 1. The van der Waals surface area contributed by atoms with E-state index >= 15 is 0 Å². The normalized spacial score (nSPS) is 18.0. The highest BCUT2D eigenvalue weighted by Crippen LogP contribution is 2.35. The molecule has 0 bridgehead atoms. The Morgan fingerprint density at radius 1 is 1.41 bits per heavy atom. The molecule has 0 radical (unpaired) electrons. The number of aromatic nitrogens is 2. The largest absolute Gasteiger partial charge is 0.330 e. The molecule has 1 aromatic carbocycles. The summed E-state index contributed by atoms with van der Waals surface area (Å²) >= 11 is 6.19. The Morgan fingerprint density at radius 3 is 2.91 bits per heavy atom. The molecular weight excluding hydrogens is 298 g/mol. The number of halogens is 1. The van der Waals surface area contributed by atoms with Crippen molar-refractivity contribution in [3.05, 3.63) is 52.3 Å². The summed E-state index contributed by atoms with van der Waals surface area (Å²) in [5.74, 6) is -0.0184. The van der Waals surface area contributed by atoms with Gasteiger partial charge < -0.3 is 4.90 Å². The second-order valence-electron chi connectivity index (χ2n) is 5.67. The van der Waals surface area contributed by atoms with Gasteiger partial charge in [-0.2, -0.15) is 5.10 Å².